The molecule has 22 heavy (non-hydrogen) atoms. The molecular formula is C17H24N2O2S. The van der Waals surface area contributed by atoms with Crippen molar-refractivity contribution in [2.75, 3.05) is 18.1 Å². The van der Waals surface area contributed by atoms with Crippen molar-refractivity contribution >= 4 is 17.8 Å². The lowest BCUT2D eigenvalue weighted by Crippen LogP contribution is -2.47. The molecule has 120 valence electrons. The van der Waals surface area contributed by atoms with Crippen LogP contribution < -0.4 is 10.6 Å². The third kappa shape index (κ3) is 3.76. The Kier molecular flexibility index (Phi) is 4.93. The van der Waals surface area contributed by atoms with Crippen LogP contribution in [-0.2, 0) is 6.42 Å². The first-order chi connectivity index (χ1) is 10.7. The molecule has 1 fully saturated rings. The van der Waals surface area contributed by atoms with Gasteiger partial charge in [-0.25, -0.2) is 4.79 Å². The van der Waals surface area contributed by atoms with Crippen molar-refractivity contribution in [1.29, 1.82) is 0 Å². The highest BCUT2D eigenvalue weighted by Gasteiger charge is 2.32. The van der Waals surface area contributed by atoms with Crippen LogP contribution >= 0.6 is 11.8 Å². The zero-order valence-corrected chi connectivity index (χ0v) is 13.6. The maximum atomic E-state index is 12.2. The Morgan fingerprint density at radius 2 is 2.23 bits per heavy atom. The average Bonchev–Trinajstić information content (AvgIpc) is 2.86. The summed E-state index contributed by atoms with van der Waals surface area (Å²) in [7, 11) is 0. The highest BCUT2D eigenvalue weighted by atomic mass is 32.2. The lowest BCUT2D eigenvalue weighted by molar-refractivity contribution is 0.0698. The number of carbonyl (C=O) groups is 1. The zero-order chi connectivity index (χ0) is 15.4. The molecule has 0 unspecified atom stereocenters. The molecule has 1 aliphatic carbocycles. The molecule has 2 amide bonds. The third-order valence-electron chi connectivity index (χ3n) is 4.59. The van der Waals surface area contributed by atoms with Gasteiger partial charge in [0.1, 0.15) is 0 Å². The Labute approximate surface area is 136 Å². The fraction of sp³-hybridized carbons (Fsp3) is 0.588. The van der Waals surface area contributed by atoms with Crippen LogP contribution in [0, 0.1) is 0 Å². The third-order valence-corrected chi connectivity index (χ3v) is 5.82. The van der Waals surface area contributed by atoms with E-state index in [1.165, 1.54) is 17.5 Å². The lowest BCUT2D eigenvalue weighted by atomic mass is 9.99. The average molecular weight is 320 g/mol. The minimum atomic E-state index is -0.733. The monoisotopic (exact) mass is 320 g/mol. The number of hydrogen-bond acceptors (Lipinski definition) is 3. The number of thioether (sulfide) groups is 1. The molecule has 1 saturated heterocycles. The van der Waals surface area contributed by atoms with Gasteiger partial charge >= 0.3 is 6.03 Å². The second kappa shape index (κ2) is 6.92. The molecule has 0 radical (unpaired) electrons. The van der Waals surface area contributed by atoms with Crippen LogP contribution in [0.2, 0.25) is 0 Å². The maximum absolute atomic E-state index is 12.2. The summed E-state index contributed by atoms with van der Waals surface area (Å²) in [5.41, 5.74) is 1.85. The number of rotatable bonds is 3. The largest absolute Gasteiger partial charge is 0.387 e. The van der Waals surface area contributed by atoms with Gasteiger partial charge in [-0.2, -0.15) is 11.8 Å². The van der Waals surface area contributed by atoms with E-state index in [4.69, 9.17) is 0 Å². The summed E-state index contributed by atoms with van der Waals surface area (Å²) in [5.74, 6) is 1.68. The fourth-order valence-corrected chi connectivity index (χ4v) is 4.56. The van der Waals surface area contributed by atoms with Crippen molar-refractivity contribution in [2.45, 2.75) is 43.7 Å². The Morgan fingerprint density at radius 3 is 3.05 bits per heavy atom. The van der Waals surface area contributed by atoms with Gasteiger partial charge in [0.05, 0.1) is 11.6 Å². The normalized spacial score (nSPS) is 27.8. The molecule has 3 rings (SSSR count). The van der Waals surface area contributed by atoms with Gasteiger partial charge in [-0.1, -0.05) is 30.7 Å². The van der Waals surface area contributed by atoms with Gasteiger partial charge in [-0.15, -0.1) is 0 Å². The van der Waals surface area contributed by atoms with Crippen molar-refractivity contribution in [3.05, 3.63) is 35.4 Å². The van der Waals surface area contributed by atoms with E-state index in [2.05, 4.69) is 28.8 Å². The molecule has 2 atom stereocenters. The smallest absolute Gasteiger partial charge is 0.315 e. The molecule has 0 bridgehead atoms. The van der Waals surface area contributed by atoms with E-state index in [0.717, 1.165) is 31.4 Å². The van der Waals surface area contributed by atoms with Gasteiger partial charge in [-0.3, -0.25) is 0 Å². The van der Waals surface area contributed by atoms with E-state index >= 15 is 0 Å². The number of amides is 2. The predicted molar refractivity (Wildman–Crippen MR) is 90.2 cm³/mol. The topological polar surface area (TPSA) is 61.4 Å². The van der Waals surface area contributed by atoms with E-state index in [0.29, 0.717) is 12.3 Å². The summed E-state index contributed by atoms with van der Waals surface area (Å²) in [6.45, 7) is 0.334. The minimum Gasteiger partial charge on any atom is -0.387 e. The molecule has 1 aliphatic heterocycles. The minimum absolute atomic E-state index is 0.0753. The van der Waals surface area contributed by atoms with Crippen molar-refractivity contribution in [1.82, 2.24) is 10.6 Å². The van der Waals surface area contributed by atoms with Gasteiger partial charge < -0.3 is 15.7 Å². The van der Waals surface area contributed by atoms with Crippen molar-refractivity contribution < 1.29 is 9.90 Å². The molecule has 1 aromatic rings. The molecule has 2 aliphatic rings. The van der Waals surface area contributed by atoms with Crippen LogP contribution in [-0.4, -0.2) is 34.8 Å². The Morgan fingerprint density at radius 1 is 1.36 bits per heavy atom. The van der Waals surface area contributed by atoms with E-state index in [1.54, 1.807) is 11.8 Å². The van der Waals surface area contributed by atoms with E-state index in [9.17, 15) is 9.90 Å². The van der Waals surface area contributed by atoms with E-state index < -0.39 is 5.60 Å². The van der Waals surface area contributed by atoms with Crippen LogP contribution in [0.15, 0.2) is 24.3 Å². The highest BCUT2D eigenvalue weighted by Crippen LogP contribution is 2.29. The maximum Gasteiger partial charge on any atom is 0.315 e. The van der Waals surface area contributed by atoms with Gasteiger partial charge in [0.25, 0.3) is 0 Å². The standard InChI is InChI=1S/C17H24N2O2S/c20-16(18-11-17(21)9-10-22-12-17)19-15-8-4-2-6-13-5-1-3-7-14(13)15/h1,3,5,7,15,21H,2,4,6,8-12H2,(H2,18,19,20)/t15-,17+/m0/s1. The van der Waals surface area contributed by atoms with Crippen molar-refractivity contribution in [2.24, 2.45) is 0 Å². The number of fused-ring (bicyclic) bond motifs is 1. The molecule has 4 nitrogen and oxygen atoms in total. The Hall–Kier alpha value is -1.20. The van der Waals surface area contributed by atoms with E-state index in [1.807, 2.05) is 6.07 Å². The first-order valence-corrected chi connectivity index (χ1v) is 9.24. The summed E-state index contributed by atoms with van der Waals surface area (Å²) in [5, 5.41) is 16.2. The van der Waals surface area contributed by atoms with Crippen LogP contribution in [0.1, 0.15) is 42.9 Å². The second-order valence-corrected chi connectivity index (χ2v) is 7.46. The summed E-state index contributed by atoms with van der Waals surface area (Å²) < 4.78 is 0. The summed E-state index contributed by atoms with van der Waals surface area (Å²) in [4.78, 5) is 12.2. The second-order valence-electron chi connectivity index (χ2n) is 6.35. The number of aliphatic hydroxyl groups is 1. The quantitative estimate of drug-likeness (QED) is 0.750. The Balaban J connectivity index is 1.59. The first kappa shape index (κ1) is 15.7. The van der Waals surface area contributed by atoms with Gasteiger partial charge in [-0.05, 0) is 42.6 Å². The molecule has 0 saturated carbocycles. The first-order valence-electron chi connectivity index (χ1n) is 8.09. The number of urea groups is 1. The van der Waals surface area contributed by atoms with Crippen LogP contribution in [0.3, 0.4) is 0 Å². The number of hydrogen-bond donors (Lipinski definition) is 3. The number of carbonyl (C=O) groups excluding carboxylic acids is 1. The summed E-state index contributed by atoms with van der Waals surface area (Å²) in [6.07, 6.45) is 5.12. The van der Waals surface area contributed by atoms with Crippen LogP contribution in [0.4, 0.5) is 4.79 Å². The Bertz CT molecular complexity index is 529. The molecule has 1 aromatic carbocycles. The highest BCUT2D eigenvalue weighted by molar-refractivity contribution is 7.99. The van der Waals surface area contributed by atoms with Crippen molar-refractivity contribution in [3.63, 3.8) is 0 Å². The zero-order valence-electron chi connectivity index (χ0n) is 12.8. The molecule has 5 heteroatoms. The van der Waals surface area contributed by atoms with Gasteiger partial charge in [0.2, 0.25) is 0 Å². The number of nitrogens with one attached hydrogen (secondary N) is 2. The molecular weight excluding hydrogens is 296 g/mol. The molecule has 3 N–H and O–H groups in total. The molecule has 0 spiro atoms. The van der Waals surface area contributed by atoms with E-state index in [-0.39, 0.29) is 12.1 Å². The number of benzene rings is 1. The molecule has 1 heterocycles. The van der Waals surface area contributed by atoms with Crippen LogP contribution in [0.5, 0.6) is 0 Å². The van der Waals surface area contributed by atoms with Crippen LogP contribution in [0.25, 0.3) is 0 Å². The number of aryl methyl sites for hydroxylation is 1. The predicted octanol–water partition coefficient (Wildman–Crippen LogP) is 2.62. The van der Waals surface area contributed by atoms with Crippen molar-refractivity contribution in [3.8, 4) is 0 Å². The molecule has 0 aromatic heterocycles. The summed E-state index contributed by atoms with van der Waals surface area (Å²) >= 11 is 1.74. The SMILES string of the molecule is O=C(NC[C@]1(O)CCSC1)N[C@H]1CCCCc2ccccc21. The van der Waals surface area contributed by atoms with Gasteiger partial charge in [0.15, 0.2) is 0 Å². The summed E-state index contributed by atoms with van der Waals surface area (Å²) in [6, 6.07) is 8.28. The fourth-order valence-electron chi connectivity index (χ4n) is 3.26. The lowest BCUT2D eigenvalue weighted by Gasteiger charge is -2.24. The van der Waals surface area contributed by atoms with Gasteiger partial charge in [0, 0.05) is 12.3 Å².